The molecule has 0 spiro atoms. The molecule has 0 amide bonds. The van der Waals surface area contributed by atoms with Crippen LogP contribution >= 0.6 is 0 Å². The lowest BCUT2D eigenvalue weighted by molar-refractivity contribution is 0.296. The molecule has 0 saturated carbocycles. The Morgan fingerprint density at radius 3 is 2.76 bits per heavy atom. The van der Waals surface area contributed by atoms with Gasteiger partial charge in [-0.3, -0.25) is 4.90 Å². The third-order valence-corrected chi connectivity index (χ3v) is 3.06. The first-order chi connectivity index (χ1) is 8.33. The first-order valence-electron chi connectivity index (χ1n) is 6.32. The van der Waals surface area contributed by atoms with Crippen LogP contribution in [0.25, 0.3) is 0 Å². The monoisotopic (exact) mass is 232 g/mol. The zero-order valence-corrected chi connectivity index (χ0v) is 10.6. The first-order valence-corrected chi connectivity index (χ1v) is 6.32. The van der Waals surface area contributed by atoms with Crippen LogP contribution in [-0.4, -0.2) is 37.0 Å². The van der Waals surface area contributed by atoms with Crippen molar-refractivity contribution in [3.8, 4) is 0 Å². The Morgan fingerprint density at radius 1 is 1.29 bits per heavy atom. The number of aliphatic imine (C=N–C) groups is 1. The van der Waals surface area contributed by atoms with E-state index in [4.69, 9.17) is 4.74 Å². The summed E-state index contributed by atoms with van der Waals surface area (Å²) in [5.41, 5.74) is 2.43. The zero-order valence-electron chi connectivity index (χ0n) is 10.6. The number of hydrogen-bond donors (Lipinski definition) is 0. The maximum Gasteiger partial charge on any atom is 0.216 e. The first kappa shape index (κ1) is 12.1. The van der Waals surface area contributed by atoms with Gasteiger partial charge in [-0.15, -0.1) is 0 Å². The molecule has 0 radical (unpaired) electrons. The minimum absolute atomic E-state index is 0.718. The van der Waals surface area contributed by atoms with Crippen LogP contribution in [0.5, 0.6) is 0 Å². The second-order valence-corrected chi connectivity index (χ2v) is 4.20. The van der Waals surface area contributed by atoms with Crippen LogP contribution in [0, 0.1) is 0 Å². The summed E-state index contributed by atoms with van der Waals surface area (Å²) in [6.07, 6.45) is 0. The maximum absolute atomic E-state index is 5.49. The van der Waals surface area contributed by atoms with Crippen LogP contribution in [0.3, 0.4) is 0 Å². The molecule has 3 nitrogen and oxygen atoms in total. The van der Waals surface area contributed by atoms with Gasteiger partial charge in [0.2, 0.25) is 5.90 Å². The molecule has 0 atom stereocenters. The molecule has 0 bridgehead atoms. The van der Waals surface area contributed by atoms with Crippen molar-refractivity contribution in [2.45, 2.75) is 20.4 Å². The van der Waals surface area contributed by atoms with Gasteiger partial charge in [0.15, 0.2) is 0 Å². The molecule has 0 aromatic heterocycles. The summed E-state index contributed by atoms with van der Waals surface area (Å²) in [7, 11) is 0. The number of rotatable bonds is 5. The van der Waals surface area contributed by atoms with E-state index in [1.54, 1.807) is 0 Å². The molecule has 0 fully saturated rings. The molecule has 0 saturated heterocycles. The van der Waals surface area contributed by atoms with Crippen LogP contribution < -0.4 is 0 Å². The average Bonchev–Trinajstić information content (AvgIpc) is 2.90. The molecule has 1 aliphatic heterocycles. The summed E-state index contributed by atoms with van der Waals surface area (Å²) in [6.45, 7) is 9.05. The van der Waals surface area contributed by atoms with Crippen molar-refractivity contribution in [3.05, 3.63) is 35.4 Å². The van der Waals surface area contributed by atoms with Gasteiger partial charge in [0.05, 0.1) is 6.54 Å². The summed E-state index contributed by atoms with van der Waals surface area (Å²) in [4.78, 5) is 6.75. The van der Waals surface area contributed by atoms with Gasteiger partial charge < -0.3 is 4.74 Å². The highest BCUT2D eigenvalue weighted by molar-refractivity contribution is 5.95. The Labute approximate surface area is 103 Å². The van der Waals surface area contributed by atoms with E-state index in [-0.39, 0.29) is 0 Å². The fraction of sp³-hybridized carbons (Fsp3) is 0.500. The predicted molar refractivity (Wildman–Crippen MR) is 70.4 cm³/mol. The highest BCUT2D eigenvalue weighted by Gasteiger charge is 2.10. The van der Waals surface area contributed by atoms with Crippen molar-refractivity contribution < 1.29 is 4.74 Å². The maximum atomic E-state index is 5.49. The molecule has 1 aliphatic rings. The largest absolute Gasteiger partial charge is 0.476 e. The molecular formula is C14H20N2O. The Balaban J connectivity index is 2.11. The second kappa shape index (κ2) is 5.82. The van der Waals surface area contributed by atoms with E-state index in [0.717, 1.165) is 44.2 Å². The third kappa shape index (κ3) is 3.07. The van der Waals surface area contributed by atoms with Gasteiger partial charge in [-0.25, -0.2) is 4.99 Å². The van der Waals surface area contributed by atoms with Crippen LogP contribution in [0.2, 0.25) is 0 Å². The Morgan fingerprint density at radius 2 is 2.12 bits per heavy atom. The van der Waals surface area contributed by atoms with Crippen molar-refractivity contribution in [2.75, 3.05) is 26.2 Å². The van der Waals surface area contributed by atoms with Gasteiger partial charge in [0.25, 0.3) is 0 Å². The van der Waals surface area contributed by atoms with Crippen LogP contribution in [-0.2, 0) is 11.3 Å². The smallest absolute Gasteiger partial charge is 0.216 e. The molecule has 0 aliphatic carbocycles. The fourth-order valence-electron chi connectivity index (χ4n) is 2.02. The van der Waals surface area contributed by atoms with Crippen LogP contribution in [0.15, 0.2) is 29.3 Å². The van der Waals surface area contributed by atoms with Gasteiger partial charge in [0, 0.05) is 12.1 Å². The van der Waals surface area contributed by atoms with E-state index >= 15 is 0 Å². The standard InChI is InChI=1S/C14H20N2O/c1-3-16(4-2)11-12-6-5-7-13(10-12)14-15-8-9-17-14/h5-7,10H,3-4,8-9,11H2,1-2H3. The fourth-order valence-corrected chi connectivity index (χ4v) is 2.02. The van der Waals surface area contributed by atoms with Crippen LogP contribution in [0.4, 0.5) is 0 Å². The lowest BCUT2D eigenvalue weighted by Gasteiger charge is -2.18. The van der Waals surface area contributed by atoms with Gasteiger partial charge in [-0.05, 0) is 30.8 Å². The summed E-state index contributed by atoms with van der Waals surface area (Å²) >= 11 is 0. The van der Waals surface area contributed by atoms with E-state index in [0.29, 0.717) is 0 Å². The molecule has 92 valence electrons. The number of ether oxygens (including phenoxy) is 1. The Kier molecular flexibility index (Phi) is 4.15. The molecule has 3 heteroatoms. The summed E-state index contributed by atoms with van der Waals surface area (Å²) in [5.74, 6) is 0.798. The minimum atomic E-state index is 0.718. The normalized spacial score (nSPS) is 14.9. The van der Waals surface area contributed by atoms with E-state index in [1.165, 1.54) is 5.56 Å². The molecule has 1 aromatic carbocycles. The molecule has 1 heterocycles. The van der Waals surface area contributed by atoms with Crippen LogP contribution in [0.1, 0.15) is 25.0 Å². The predicted octanol–water partition coefficient (Wildman–Crippen LogP) is 2.31. The van der Waals surface area contributed by atoms with Gasteiger partial charge in [0.1, 0.15) is 6.61 Å². The topological polar surface area (TPSA) is 24.8 Å². The molecule has 2 rings (SSSR count). The highest BCUT2D eigenvalue weighted by Crippen LogP contribution is 2.12. The molecule has 0 unspecified atom stereocenters. The summed E-state index contributed by atoms with van der Waals surface area (Å²) < 4.78 is 5.49. The Hall–Kier alpha value is -1.35. The average molecular weight is 232 g/mol. The minimum Gasteiger partial charge on any atom is -0.476 e. The highest BCUT2D eigenvalue weighted by atomic mass is 16.5. The lowest BCUT2D eigenvalue weighted by Crippen LogP contribution is -2.22. The van der Waals surface area contributed by atoms with Crippen molar-refractivity contribution >= 4 is 5.90 Å². The Bertz CT molecular complexity index is 397. The number of nitrogens with zero attached hydrogens (tertiary/aromatic N) is 2. The molecule has 1 aromatic rings. The zero-order chi connectivity index (χ0) is 12.1. The summed E-state index contributed by atoms with van der Waals surface area (Å²) in [6, 6.07) is 8.49. The van der Waals surface area contributed by atoms with Gasteiger partial charge in [-0.1, -0.05) is 26.0 Å². The van der Waals surface area contributed by atoms with Crippen molar-refractivity contribution in [3.63, 3.8) is 0 Å². The number of benzene rings is 1. The SMILES string of the molecule is CCN(CC)Cc1cccc(C2=NCCO2)c1. The quantitative estimate of drug-likeness (QED) is 0.778. The molecule has 0 N–H and O–H groups in total. The third-order valence-electron chi connectivity index (χ3n) is 3.06. The van der Waals surface area contributed by atoms with Gasteiger partial charge >= 0.3 is 0 Å². The van der Waals surface area contributed by atoms with Gasteiger partial charge in [-0.2, -0.15) is 0 Å². The summed E-state index contributed by atoms with van der Waals surface area (Å²) in [5, 5.41) is 0. The molecular weight excluding hydrogens is 212 g/mol. The second-order valence-electron chi connectivity index (χ2n) is 4.20. The number of hydrogen-bond acceptors (Lipinski definition) is 3. The molecule has 17 heavy (non-hydrogen) atoms. The van der Waals surface area contributed by atoms with E-state index < -0.39 is 0 Å². The van der Waals surface area contributed by atoms with E-state index in [9.17, 15) is 0 Å². The lowest BCUT2D eigenvalue weighted by atomic mass is 10.1. The van der Waals surface area contributed by atoms with Crippen molar-refractivity contribution in [2.24, 2.45) is 4.99 Å². The van der Waals surface area contributed by atoms with Crippen molar-refractivity contribution in [1.82, 2.24) is 4.90 Å². The van der Waals surface area contributed by atoms with E-state index in [2.05, 4.69) is 48.0 Å². The van der Waals surface area contributed by atoms with Crippen molar-refractivity contribution in [1.29, 1.82) is 0 Å². The van der Waals surface area contributed by atoms with E-state index in [1.807, 2.05) is 0 Å².